The largest absolute Gasteiger partial charge is 0.427 e. The van der Waals surface area contributed by atoms with Crippen molar-refractivity contribution in [2.45, 2.75) is 19.8 Å². The minimum absolute atomic E-state index is 0.151. The first-order chi connectivity index (χ1) is 14.9. The van der Waals surface area contributed by atoms with Crippen molar-refractivity contribution in [3.05, 3.63) is 88.4 Å². The first-order valence-electron chi connectivity index (χ1n) is 9.64. The molecule has 0 aliphatic rings. The molecule has 2 N–H and O–H groups in total. The van der Waals surface area contributed by atoms with Gasteiger partial charge in [-0.15, -0.1) is 0 Å². The molecule has 0 atom stereocenters. The zero-order valence-corrected chi connectivity index (χ0v) is 18.4. The van der Waals surface area contributed by atoms with E-state index in [1.807, 2.05) is 24.3 Å². The van der Waals surface area contributed by atoms with Crippen LogP contribution in [0.1, 0.15) is 29.3 Å². The number of ether oxygens (including phenoxy) is 1. The van der Waals surface area contributed by atoms with Gasteiger partial charge in [-0.3, -0.25) is 14.4 Å². The number of para-hydroxylation sites is 2. The fourth-order valence-electron chi connectivity index (χ4n) is 2.88. The summed E-state index contributed by atoms with van der Waals surface area (Å²) in [6.45, 7) is 1.29. The summed E-state index contributed by atoms with van der Waals surface area (Å²) in [6.07, 6.45) is 0.922. The van der Waals surface area contributed by atoms with Gasteiger partial charge in [0, 0.05) is 23.4 Å². The molecule has 3 rings (SSSR count). The molecule has 7 heteroatoms. The molecule has 0 saturated heterocycles. The molecule has 0 aliphatic carbocycles. The van der Waals surface area contributed by atoms with E-state index >= 15 is 0 Å². The highest BCUT2D eigenvalue weighted by molar-refractivity contribution is 9.10. The summed E-state index contributed by atoms with van der Waals surface area (Å²) in [7, 11) is 0. The summed E-state index contributed by atoms with van der Waals surface area (Å²) in [5.41, 5.74) is 2.37. The molecular weight excluding hydrogens is 460 g/mol. The van der Waals surface area contributed by atoms with Crippen LogP contribution in [0.25, 0.3) is 0 Å². The Balaban J connectivity index is 1.64. The predicted molar refractivity (Wildman–Crippen MR) is 123 cm³/mol. The second-order valence-corrected chi connectivity index (χ2v) is 7.71. The van der Waals surface area contributed by atoms with Crippen molar-refractivity contribution in [1.82, 2.24) is 0 Å². The Hall–Kier alpha value is -3.45. The number of hydrogen-bond donors (Lipinski definition) is 2. The first kappa shape index (κ1) is 22.2. The summed E-state index contributed by atoms with van der Waals surface area (Å²) in [5.74, 6) is -0.713. The standard InChI is InChI=1S/C24H21BrN2O4/c1-16(28)31-20-6-4-5-18(15-20)24(30)27-22-8-3-2-7-21(22)26-23(29)14-11-17-9-12-19(25)13-10-17/h2-10,12-13,15H,11,14H2,1H3,(H,26,29)(H,27,30). The van der Waals surface area contributed by atoms with E-state index in [0.29, 0.717) is 29.8 Å². The highest BCUT2D eigenvalue weighted by Crippen LogP contribution is 2.23. The van der Waals surface area contributed by atoms with Crippen LogP contribution in [-0.4, -0.2) is 17.8 Å². The van der Waals surface area contributed by atoms with Crippen molar-refractivity contribution < 1.29 is 19.1 Å². The van der Waals surface area contributed by atoms with E-state index in [-0.39, 0.29) is 17.6 Å². The van der Waals surface area contributed by atoms with Gasteiger partial charge in [0.1, 0.15) is 5.75 Å². The predicted octanol–water partition coefficient (Wildman–Crippen LogP) is 5.20. The third kappa shape index (κ3) is 6.79. The summed E-state index contributed by atoms with van der Waals surface area (Å²) in [5, 5.41) is 5.65. The SMILES string of the molecule is CC(=O)Oc1cccc(C(=O)Nc2ccccc2NC(=O)CCc2ccc(Br)cc2)c1. The minimum Gasteiger partial charge on any atom is -0.427 e. The highest BCUT2D eigenvalue weighted by atomic mass is 79.9. The van der Waals surface area contributed by atoms with Gasteiger partial charge >= 0.3 is 5.97 Å². The third-order valence-electron chi connectivity index (χ3n) is 4.36. The zero-order valence-electron chi connectivity index (χ0n) is 16.9. The van der Waals surface area contributed by atoms with Crippen LogP contribution in [0.4, 0.5) is 11.4 Å². The molecule has 3 aromatic carbocycles. The molecule has 0 fully saturated rings. The number of aryl methyl sites for hydroxylation is 1. The molecule has 31 heavy (non-hydrogen) atoms. The molecule has 0 saturated carbocycles. The fraction of sp³-hybridized carbons (Fsp3) is 0.125. The summed E-state index contributed by atoms with van der Waals surface area (Å²) < 4.78 is 6.01. The molecule has 0 aromatic heterocycles. The lowest BCUT2D eigenvalue weighted by Gasteiger charge is -2.13. The number of esters is 1. The third-order valence-corrected chi connectivity index (χ3v) is 4.89. The topological polar surface area (TPSA) is 84.5 Å². The van der Waals surface area contributed by atoms with E-state index in [1.165, 1.54) is 13.0 Å². The molecule has 0 spiro atoms. The summed E-state index contributed by atoms with van der Waals surface area (Å²) in [6, 6.07) is 21.1. The van der Waals surface area contributed by atoms with Gasteiger partial charge in [-0.1, -0.05) is 46.3 Å². The number of amides is 2. The van der Waals surface area contributed by atoms with Gasteiger partial charge in [0.25, 0.3) is 5.91 Å². The van der Waals surface area contributed by atoms with Crippen LogP contribution in [0.3, 0.4) is 0 Å². The van der Waals surface area contributed by atoms with Crippen LogP contribution in [0.2, 0.25) is 0 Å². The highest BCUT2D eigenvalue weighted by Gasteiger charge is 2.12. The minimum atomic E-state index is -0.464. The van der Waals surface area contributed by atoms with E-state index in [2.05, 4.69) is 26.6 Å². The fourth-order valence-corrected chi connectivity index (χ4v) is 3.15. The Morgan fingerprint density at radius 3 is 2.23 bits per heavy atom. The van der Waals surface area contributed by atoms with Crippen LogP contribution >= 0.6 is 15.9 Å². The molecular formula is C24H21BrN2O4. The second-order valence-electron chi connectivity index (χ2n) is 6.80. The summed E-state index contributed by atoms with van der Waals surface area (Å²) in [4.78, 5) is 36.2. The molecule has 0 heterocycles. The Labute approximate surface area is 188 Å². The maximum Gasteiger partial charge on any atom is 0.308 e. The van der Waals surface area contributed by atoms with Gasteiger partial charge in [0.05, 0.1) is 11.4 Å². The van der Waals surface area contributed by atoms with Crippen molar-refractivity contribution in [3.8, 4) is 5.75 Å². The molecule has 0 aliphatic heterocycles. The lowest BCUT2D eigenvalue weighted by Crippen LogP contribution is -2.17. The molecule has 158 valence electrons. The van der Waals surface area contributed by atoms with Crippen LogP contribution in [-0.2, 0) is 16.0 Å². The van der Waals surface area contributed by atoms with Crippen molar-refractivity contribution in [2.24, 2.45) is 0 Å². The number of hydrogen-bond acceptors (Lipinski definition) is 4. The molecule has 0 unspecified atom stereocenters. The number of anilines is 2. The number of nitrogens with one attached hydrogen (secondary N) is 2. The molecule has 2 amide bonds. The van der Waals surface area contributed by atoms with Gasteiger partial charge in [-0.2, -0.15) is 0 Å². The molecule has 0 bridgehead atoms. The smallest absolute Gasteiger partial charge is 0.308 e. The number of carbonyl (C=O) groups excluding carboxylic acids is 3. The van der Waals surface area contributed by atoms with Crippen molar-refractivity contribution in [3.63, 3.8) is 0 Å². The molecule has 3 aromatic rings. The van der Waals surface area contributed by atoms with Gasteiger partial charge < -0.3 is 15.4 Å². The Morgan fingerprint density at radius 1 is 0.871 bits per heavy atom. The van der Waals surface area contributed by atoms with E-state index < -0.39 is 5.97 Å². The maximum atomic E-state index is 12.7. The van der Waals surface area contributed by atoms with E-state index in [4.69, 9.17) is 4.74 Å². The summed E-state index contributed by atoms with van der Waals surface area (Å²) >= 11 is 3.39. The van der Waals surface area contributed by atoms with Gasteiger partial charge in [-0.05, 0) is 54.4 Å². The Morgan fingerprint density at radius 2 is 1.55 bits per heavy atom. The lowest BCUT2D eigenvalue weighted by molar-refractivity contribution is -0.131. The number of carbonyl (C=O) groups is 3. The molecule has 0 radical (unpaired) electrons. The monoisotopic (exact) mass is 480 g/mol. The van der Waals surface area contributed by atoms with Crippen LogP contribution in [0.5, 0.6) is 5.75 Å². The second kappa shape index (κ2) is 10.5. The van der Waals surface area contributed by atoms with Crippen LogP contribution < -0.4 is 15.4 Å². The Kier molecular flexibility index (Phi) is 7.56. The van der Waals surface area contributed by atoms with Crippen LogP contribution in [0.15, 0.2) is 77.3 Å². The van der Waals surface area contributed by atoms with Gasteiger partial charge in [0.15, 0.2) is 0 Å². The number of halogens is 1. The lowest BCUT2D eigenvalue weighted by atomic mass is 10.1. The molecule has 6 nitrogen and oxygen atoms in total. The maximum absolute atomic E-state index is 12.7. The average Bonchev–Trinajstić information content (AvgIpc) is 2.74. The van der Waals surface area contributed by atoms with E-state index in [1.54, 1.807) is 42.5 Å². The zero-order chi connectivity index (χ0) is 22.2. The van der Waals surface area contributed by atoms with E-state index in [9.17, 15) is 14.4 Å². The number of benzene rings is 3. The normalized spacial score (nSPS) is 10.3. The number of rotatable bonds is 7. The van der Waals surface area contributed by atoms with Crippen LogP contribution in [0, 0.1) is 0 Å². The quantitative estimate of drug-likeness (QED) is 0.359. The van der Waals surface area contributed by atoms with Crippen molar-refractivity contribution in [1.29, 1.82) is 0 Å². The van der Waals surface area contributed by atoms with E-state index in [0.717, 1.165) is 10.0 Å². The van der Waals surface area contributed by atoms with Gasteiger partial charge in [0.2, 0.25) is 5.91 Å². The first-order valence-corrected chi connectivity index (χ1v) is 10.4. The van der Waals surface area contributed by atoms with Crippen molar-refractivity contribution in [2.75, 3.05) is 10.6 Å². The van der Waals surface area contributed by atoms with Gasteiger partial charge in [-0.25, -0.2) is 0 Å². The van der Waals surface area contributed by atoms with Crippen molar-refractivity contribution >= 4 is 45.1 Å². The Bertz CT molecular complexity index is 1100. The average molecular weight is 481 g/mol.